The third kappa shape index (κ3) is 1.23. The fourth-order valence-electron chi connectivity index (χ4n) is 1.43. The van der Waals surface area contributed by atoms with Gasteiger partial charge in [0.25, 0.3) is 0 Å². The molecule has 1 aliphatic heterocycles. The Labute approximate surface area is 70.8 Å². The van der Waals surface area contributed by atoms with E-state index >= 15 is 0 Å². The molecule has 72 valence electrons. The average molecular weight is 177 g/mol. The molecule has 0 aromatic carbocycles. The molecule has 0 amide bonds. The Morgan fingerprint density at radius 2 is 2.08 bits per heavy atom. The predicted molar refractivity (Wildman–Crippen MR) is 41.1 cm³/mol. The molecule has 4 atom stereocenters. The first kappa shape index (κ1) is 9.88. The van der Waals surface area contributed by atoms with Crippen LogP contribution in [0.1, 0.15) is 6.92 Å². The van der Waals surface area contributed by atoms with Gasteiger partial charge < -0.3 is 25.8 Å². The van der Waals surface area contributed by atoms with Gasteiger partial charge in [-0.1, -0.05) is 6.92 Å². The van der Waals surface area contributed by atoms with Gasteiger partial charge in [0.05, 0.1) is 19.3 Å². The summed E-state index contributed by atoms with van der Waals surface area (Å²) in [6.07, 6.45) is -2.34. The van der Waals surface area contributed by atoms with E-state index in [0.717, 1.165) is 0 Å². The van der Waals surface area contributed by atoms with Crippen LogP contribution < -0.4 is 5.73 Å². The minimum Gasteiger partial charge on any atom is -0.396 e. The Morgan fingerprint density at radius 3 is 2.42 bits per heavy atom. The van der Waals surface area contributed by atoms with Gasteiger partial charge in [-0.2, -0.15) is 0 Å². The molecule has 1 aliphatic rings. The highest BCUT2D eigenvalue weighted by molar-refractivity contribution is 4.97. The van der Waals surface area contributed by atoms with Gasteiger partial charge in [0.15, 0.2) is 0 Å². The normalized spacial score (nSPS) is 48.2. The summed E-state index contributed by atoms with van der Waals surface area (Å²) >= 11 is 0. The molecule has 12 heavy (non-hydrogen) atoms. The first-order valence-corrected chi connectivity index (χ1v) is 3.87. The summed E-state index contributed by atoms with van der Waals surface area (Å²) in [6, 6.07) is 0. The smallest absolute Gasteiger partial charge is 0.133 e. The van der Waals surface area contributed by atoms with Crippen molar-refractivity contribution in [3.63, 3.8) is 0 Å². The van der Waals surface area contributed by atoms with Crippen molar-refractivity contribution in [2.45, 2.75) is 25.4 Å². The SMILES string of the molecule is CC1(CO)C(O)C(N)O[C@@H]1CO. The molecular formula is C7H15NO4. The lowest BCUT2D eigenvalue weighted by Crippen LogP contribution is -2.44. The largest absolute Gasteiger partial charge is 0.396 e. The second kappa shape index (κ2) is 3.27. The number of hydrogen-bond acceptors (Lipinski definition) is 5. The Morgan fingerprint density at radius 1 is 1.50 bits per heavy atom. The maximum absolute atomic E-state index is 9.50. The number of rotatable bonds is 2. The Bertz CT molecular complexity index is 165. The van der Waals surface area contributed by atoms with Crippen molar-refractivity contribution < 1.29 is 20.1 Å². The number of aliphatic hydroxyl groups excluding tert-OH is 3. The third-order valence-corrected chi connectivity index (χ3v) is 2.55. The Kier molecular flexibility index (Phi) is 2.70. The van der Waals surface area contributed by atoms with E-state index in [-0.39, 0.29) is 13.2 Å². The molecule has 0 aliphatic carbocycles. The number of ether oxygens (including phenoxy) is 1. The van der Waals surface area contributed by atoms with Gasteiger partial charge >= 0.3 is 0 Å². The van der Waals surface area contributed by atoms with Crippen LogP contribution in [0.5, 0.6) is 0 Å². The standard InChI is InChI=1S/C7H15NO4/c1-7(3-10)4(2-9)12-6(8)5(7)11/h4-6,9-11H,2-3,8H2,1H3/t4-,5?,6?,7?/m1/s1. The zero-order valence-electron chi connectivity index (χ0n) is 6.97. The van der Waals surface area contributed by atoms with Crippen LogP contribution in [-0.4, -0.2) is 47.0 Å². The van der Waals surface area contributed by atoms with Gasteiger partial charge in [-0.05, 0) is 0 Å². The fourth-order valence-corrected chi connectivity index (χ4v) is 1.43. The maximum atomic E-state index is 9.50. The minimum absolute atomic E-state index is 0.248. The van der Waals surface area contributed by atoms with Crippen LogP contribution >= 0.6 is 0 Å². The predicted octanol–water partition coefficient (Wildman–Crippen LogP) is -1.98. The van der Waals surface area contributed by atoms with E-state index < -0.39 is 23.9 Å². The molecule has 0 bridgehead atoms. The van der Waals surface area contributed by atoms with Gasteiger partial charge in [0.2, 0.25) is 0 Å². The molecule has 3 unspecified atom stereocenters. The first-order chi connectivity index (χ1) is 5.56. The molecular weight excluding hydrogens is 162 g/mol. The molecule has 0 spiro atoms. The van der Waals surface area contributed by atoms with E-state index in [0.29, 0.717) is 0 Å². The van der Waals surface area contributed by atoms with Gasteiger partial charge in [0, 0.05) is 5.41 Å². The lowest BCUT2D eigenvalue weighted by atomic mass is 9.81. The summed E-state index contributed by atoms with van der Waals surface area (Å²) in [5, 5.41) is 27.4. The molecule has 0 saturated carbocycles. The molecule has 1 saturated heterocycles. The topological polar surface area (TPSA) is 95.9 Å². The first-order valence-electron chi connectivity index (χ1n) is 3.87. The summed E-state index contributed by atoms with van der Waals surface area (Å²) < 4.78 is 5.05. The lowest BCUT2D eigenvalue weighted by molar-refractivity contribution is -0.0344. The highest BCUT2D eigenvalue weighted by Crippen LogP contribution is 2.36. The van der Waals surface area contributed by atoms with E-state index in [2.05, 4.69) is 0 Å². The quantitative estimate of drug-likeness (QED) is 0.392. The zero-order valence-corrected chi connectivity index (χ0v) is 6.97. The zero-order chi connectivity index (χ0) is 9.35. The van der Waals surface area contributed by atoms with Crippen molar-refractivity contribution in [1.29, 1.82) is 0 Å². The van der Waals surface area contributed by atoms with E-state index in [1.807, 2.05) is 0 Å². The van der Waals surface area contributed by atoms with Crippen LogP contribution in [0.25, 0.3) is 0 Å². The third-order valence-electron chi connectivity index (χ3n) is 2.55. The summed E-state index contributed by atoms with van der Waals surface area (Å²) in [5.41, 5.74) is 4.55. The molecule has 0 radical (unpaired) electrons. The van der Waals surface area contributed by atoms with E-state index in [1.54, 1.807) is 6.92 Å². The van der Waals surface area contributed by atoms with Gasteiger partial charge in [-0.3, -0.25) is 0 Å². The molecule has 0 aromatic heterocycles. The minimum atomic E-state index is -0.931. The fraction of sp³-hybridized carbons (Fsp3) is 1.00. The van der Waals surface area contributed by atoms with Crippen LogP contribution in [-0.2, 0) is 4.74 Å². The molecule has 5 N–H and O–H groups in total. The van der Waals surface area contributed by atoms with Gasteiger partial charge in [-0.25, -0.2) is 0 Å². The Balaban J connectivity index is 2.80. The maximum Gasteiger partial charge on any atom is 0.133 e. The lowest BCUT2D eigenvalue weighted by Gasteiger charge is -2.28. The van der Waals surface area contributed by atoms with Crippen molar-refractivity contribution in [3.8, 4) is 0 Å². The van der Waals surface area contributed by atoms with E-state index in [1.165, 1.54) is 0 Å². The number of aliphatic hydroxyl groups is 3. The summed E-state index contributed by atoms with van der Waals surface area (Å²) in [6.45, 7) is 1.13. The van der Waals surface area contributed by atoms with Crippen molar-refractivity contribution in [2.24, 2.45) is 11.1 Å². The van der Waals surface area contributed by atoms with Gasteiger partial charge in [-0.15, -0.1) is 0 Å². The van der Waals surface area contributed by atoms with E-state index in [4.69, 9.17) is 20.7 Å². The van der Waals surface area contributed by atoms with Crippen molar-refractivity contribution in [3.05, 3.63) is 0 Å². The highest BCUT2D eigenvalue weighted by Gasteiger charge is 2.51. The van der Waals surface area contributed by atoms with Crippen LogP contribution in [0.3, 0.4) is 0 Å². The van der Waals surface area contributed by atoms with Crippen LogP contribution in [0, 0.1) is 5.41 Å². The van der Waals surface area contributed by atoms with Crippen molar-refractivity contribution in [1.82, 2.24) is 0 Å². The number of nitrogens with two attached hydrogens (primary N) is 1. The Hall–Kier alpha value is -0.200. The second-order valence-corrected chi connectivity index (χ2v) is 3.38. The van der Waals surface area contributed by atoms with Crippen LogP contribution in [0.15, 0.2) is 0 Å². The second-order valence-electron chi connectivity index (χ2n) is 3.38. The van der Waals surface area contributed by atoms with Crippen LogP contribution in [0.4, 0.5) is 0 Å². The average Bonchev–Trinajstić information content (AvgIpc) is 2.30. The summed E-state index contributed by atoms with van der Waals surface area (Å²) in [7, 11) is 0. The molecule has 0 aromatic rings. The molecule has 1 rings (SSSR count). The molecule has 1 heterocycles. The van der Waals surface area contributed by atoms with Crippen molar-refractivity contribution >= 4 is 0 Å². The molecule has 5 heteroatoms. The summed E-state index contributed by atoms with van der Waals surface area (Å²) in [4.78, 5) is 0. The number of hydrogen-bond donors (Lipinski definition) is 4. The monoisotopic (exact) mass is 177 g/mol. The highest BCUT2D eigenvalue weighted by atomic mass is 16.5. The molecule has 5 nitrogen and oxygen atoms in total. The van der Waals surface area contributed by atoms with Crippen LogP contribution in [0.2, 0.25) is 0 Å². The summed E-state index contributed by atoms with van der Waals surface area (Å²) in [5.74, 6) is 0. The van der Waals surface area contributed by atoms with Crippen molar-refractivity contribution in [2.75, 3.05) is 13.2 Å². The molecule has 1 fully saturated rings. The van der Waals surface area contributed by atoms with Gasteiger partial charge in [0.1, 0.15) is 12.3 Å². The van der Waals surface area contributed by atoms with E-state index in [9.17, 15) is 5.11 Å².